The van der Waals surface area contributed by atoms with Crippen LogP contribution >= 0.6 is 0 Å². The summed E-state index contributed by atoms with van der Waals surface area (Å²) < 4.78 is 0. The first kappa shape index (κ1) is 19.6. The molecule has 2 aliphatic heterocycles. The monoisotopic (exact) mass is 364 g/mol. The highest BCUT2D eigenvalue weighted by Gasteiger charge is 2.23. The predicted molar refractivity (Wildman–Crippen MR) is 103 cm³/mol. The number of hydrogen-bond acceptors (Lipinski definition) is 4. The van der Waals surface area contributed by atoms with Gasteiger partial charge in [-0.05, 0) is 12.3 Å². The highest BCUT2D eigenvalue weighted by Crippen LogP contribution is 2.27. The van der Waals surface area contributed by atoms with Crippen LogP contribution < -0.4 is 5.32 Å². The highest BCUT2D eigenvalue weighted by atomic mass is 16.2. The molecule has 3 aliphatic rings. The quantitative estimate of drug-likeness (QED) is 0.772. The van der Waals surface area contributed by atoms with Crippen LogP contribution in [0.5, 0.6) is 0 Å². The van der Waals surface area contributed by atoms with Crippen LogP contribution in [-0.4, -0.2) is 85.4 Å². The van der Waals surface area contributed by atoms with Crippen molar-refractivity contribution in [2.75, 3.05) is 58.9 Å². The molecule has 148 valence electrons. The van der Waals surface area contributed by atoms with Crippen molar-refractivity contribution in [2.24, 2.45) is 5.92 Å². The van der Waals surface area contributed by atoms with Crippen LogP contribution in [0, 0.1) is 5.92 Å². The summed E-state index contributed by atoms with van der Waals surface area (Å²) in [4.78, 5) is 31.1. The molecule has 2 saturated heterocycles. The number of carbonyl (C=O) groups is 2. The summed E-state index contributed by atoms with van der Waals surface area (Å²) >= 11 is 0. The van der Waals surface area contributed by atoms with Gasteiger partial charge in [0, 0.05) is 71.7 Å². The summed E-state index contributed by atoms with van der Waals surface area (Å²) in [6, 6.07) is 0. The Bertz CT molecular complexity index is 451. The van der Waals surface area contributed by atoms with Gasteiger partial charge in [-0.1, -0.05) is 32.1 Å². The summed E-state index contributed by atoms with van der Waals surface area (Å²) in [5.74, 6) is 1.40. The van der Waals surface area contributed by atoms with Gasteiger partial charge in [0.15, 0.2) is 0 Å². The number of nitrogens with one attached hydrogen (secondary N) is 1. The van der Waals surface area contributed by atoms with E-state index in [9.17, 15) is 9.59 Å². The van der Waals surface area contributed by atoms with E-state index in [1.54, 1.807) is 0 Å². The van der Waals surface area contributed by atoms with Gasteiger partial charge in [0.2, 0.25) is 11.8 Å². The van der Waals surface area contributed by atoms with Gasteiger partial charge < -0.3 is 15.1 Å². The van der Waals surface area contributed by atoms with Crippen molar-refractivity contribution < 1.29 is 9.59 Å². The summed E-state index contributed by atoms with van der Waals surface area (Å²) in [6.07, 6.45) is 9.14. The Labute approximate surface area is 158 Å². The molecule has 0 aromatic carbocycles. The first-order valence-corrected chi connectivity index (χ1v) is 10.7. The van der Waals surface area contributed by atoms with Crippen molar-refractivity contribution in [3.05, 3.63) is 0 Å². The molecule has 0 unspecified atom stereocenters. The summed E-state index contributed by atoms with van der Waals surface area (Å²) in [6.45, 7) is 7.78. The van der Waals surface area contributed by atoms with Gasteiger partial charge in [0.1, 0.15) is 0 Å². The summed E-state index contributed by atoms with van der Waals surface area (Å²) in [7, 11) is 0. The van der Waals surface area contributed by atoms with E-state index in [1.807, 2.05) is 9.80 Å². The Morgan fingerprint density at radius 1 is 0.769 bits per heavy atom. The second-order valence-electron chi connectivity index (χ2n) is 8.15. The van der Waals surface area contributed by atoms with Gasteiger partial charge in [0.25, 0.3) is 0 Å². The van der Waals surface area contributed by atoms with Crippen LogP contribution in [0.1, 0.15) is 51.4 Å². The molecule has 2 heterocycles. The molecular formula is C20H36N4O2. The Morgan fingerprint density at radius 2 is 1.38 bits per heavy atom. The van der Waals surface area contributed by atoms with Gasteiger partial charge >= 0.3 is 0 Å². The lowest BCUT2D eigenvalue weighted by molar-refractivity contribution is -0.135. The molecule has 0 aromatic heterocycles. The van der Waals surface area contributed by atoms with E-state index in [-0.39, 0.29) is 5.91 Å². The van der Waals surface area contributed by atoms with Crippen LogP contribution in [0.2, 0.25) is 0 Å². The molecule has 0 aromatic rings. The number of rotatable bonds is 6. The summed E-state index contributed by atoms with van der Waals surface area (Å²) in [5.41, 5.74) is 0. The maximum absolute atomic E-state index is 12.5. The molecule has 1 saturated carbocycles. The fraction of sp³-hybridized carbons (Fsp3) is 0.900. The van der Waals surface area contributed by atoms with Crippen LogP contribution in [-0.2, 0) is 9.59 Å². The minimum absolute atomic E-state index is 0.275. The molecule has 0 spiro atoms. The van der Waals surface area contributed by atoms with Gasteiger partial charge in [-0.15, -0.1) is 0 Å². The lowest BCUT2D eigenvalue weighted by Crippen LogP contribution is -2.50. The van der Waals surface area contributed by atoms with Crippen molar-refractivity contribution in [3.8, 4) is 0 Å². The minimum atomic E-state index is 0.275. The fourth-order valence-electron chi connectivity index (χ4n) is 4.51. The maximum atomic E-state index is 12.5. The Hall–Kier alpha value is -1.14. The molecule has 6 heteroatoms. The van der Waals surface area contributed by atoms with Gasteiger partial charge in [-0.2, -0.15) is 0 Å². The molecule has 26 heavy (non-hydrogen) atoms. The highest BCUT2D eigenvalue weighted by molar-refractivity contribution is 5.77. The molecule has 0 radical (unpaired) electrons. The van der Waals surface area contributed by atoms with Crippen molar-refractivity contribution in [2.45, 2.75) is 51.4 Å². The number of amides is 2. The molecule has 2 amide bonds. The number of hydrogen-bond donors (Lipinski definition) is 1. The average molecular weight is 365 g/mol. The maximum Gasteiger partial charge on any atom is 0.223 e. The van der Waals surface area contributed by atoms with Gasteiger partial charge in [0.05, 0.1) is 0 Å². The molecule has 1 aliphatic carbocycles. The SMILES string of the molecule is O=C(CCN1CCN(C(=O)CCC2CCCCC2)CC1)N1CCNCC1. The predicted octanol–water partition coefficient (Wildman–Crippen LogP) is 1.31. The lowest BCUT2D eigenvalue weighted by Gasteiger charge is -2.35. The molecule has 3 rings (SSSR count). The smallest absolute Gasteiger partial charge is 0.223 e. The van der Waals surface area contributed by atoms with Gasteiger partial charge in [-0.25, -0.2) is 0 Å². The molecule has 0 bridgehead atoms. The summed E-state index contributed by atoms with van der Waals surface area (Å²) in [5, 5.41) is 3.28. The van der Waals surface area contributed by atoms with Crippen molar-refractivity contribution >= 4 is 11.8 Å². The topological polar surface area (TPSA) is 55.9 Å². The van der Waals surface area contributed by atoms with E-state index in [1.165, 1.54) is 32.1 Å². The normalized spacial score (nSPS) is 23.2. The second kappa shape index (κ2) is 10.3. The van der Waals surface area contributed by atoms with Gasteiger partial charge in [-0.3, -0.25) is 14.5 Å². The molecule has 3 fully saturated rings. The van der Waals surface area contributed by atoms with Crippen LogP contribution in [0.3, 0.4) is 0 Å². The molecule has 0 atom stereocenters. The van der Waals surface area contributed by atoms with Crippen molar-refractivity contribution in [3.63, 3.8) is 0 Å². The first-order chi connectivity index (χ1) is 12.7. The fourth-order valence-corrected chi connectivity index (χ4v) is 4.51. The second-order valence-corrected chi connectivity index (χ2v) is 8.15. The van der Waals surface area contributed by atoms with E-state index < -0.39 is 0 Å². The number of piperazine rings is 2. The number of carbonyl (C=O) groups excluding carboxylic acids is 2. The third kappa shape index (κ3) is 5.95. The largest absolute Gasteiger partial charge is 0.340 e. The van der Waals surface area contributed by atoms with Crippen molar-refractivity contribution in [1.82, 2.24) is 20.0 Å². The zero-order valence-corrected chi connectivity index (χ0v) is 16.3. The first-order valence-electron chi connectivity index (χ1n) is 10.7. The molecule has 6 nitrogen and oxygen atoms in total. The zero-order chi connectivity index (χ0) is 18.2. The Balaban J connectivity index is 1.29. The van der Waals surface area contributed by atoms with Crippen LogP contribution in [0.25, 0.3) is 0 Å². The third-order valence-corrected chi connectivity index (χ3v) is 6.33. The van der Waals surface area contributed by atoms with Crippen LogP contribution in [0.15, 0.2) is 0 Å². The standard InChI is InChI=1S/C20H36N4O2/c25-19(7-6-18-4-2-1-3-5-18)24-16-14-22(15-17-24)11-8-20(26)23-12-9-21-10-13-23/h18,21H,1-17H2. The molecule has 1 N–H and O–H groups in total. The molecular weight excluding hydrogens is 328 g/mol. The number of nitrogens with zero attached hydrogens (tertiary/aromatic N) is 3. The van der Waals surface area contributed by atoms with E-state index in [0.717, 1.165) is 77.7 Å². The zero-order valence-electron chi connectivity index (χ0n) is 16.3. The van der Waals surface area contributed by atoms with E-state index in [2.05, 4.69) is 10.2 Å². The minimum Gasteiger partial charge on any atom is -0.340 e. The van der Waals surface area contributed by atoms with E-state index in [4.69, 9.17) is 0 Å². The Morgan fingerprint density at radius 3 is 2.08 bits per heavy atom. The van der Waals surface area contributed by atoms with Crippen LogP contribution in [0.4, 0.5) is 0 Å². The Kier molecular flexibility index (Phi) is 7.74. The van der Waals surface area contributed by atoms with E-state index in [0.29, 0.717) is 12.3 Å². The average Bonchev–Trinajstić information content (AvgIpc) is 2.72. The van der Waals surface area contributed by atoms with E-state index >= 15 is 0 Å². The lowest BCUT2D eigenvalue weighted by atomic mass is 9.86. The van der Waals surface area contributed by atoms with Crippen molar-refractivity contribution in [1.29, 1.82) is 0 Å². The third-order valence-electron chi connectivity index (χ3n) is 6.33.